The third-order valence-electron chi connectivity index (χ3n) is 2.52. The van der Waals surface area contributed by atoms with E-state index in [9.17, 15) is 9.18 Å². The summed E-state index contributed by atoms with van der Waals surface area (Å²) in [4.78, 5) is 16.5. The lowest BCUT2D eigenvalue weighted by Crippen LogP contribution is -2.19. The molecule has 100 valence electrons. The predicted octanol–water partition coefficient (Wildman–Crippen LogP) is 3.31. The van der Waals surface area contributed by atoms with Crippen molar-refractivity contribution >= 4 is 34.6 Å². The average molecular weight is 288 g/mol. The van der Waals surface area contributed by atoms with Gasteiger partial charge in [0, 0.05) is 6.08 Å². The molecule has 20 heavy (non-hydrogen) atoms. The number of carbonyl (C=O) groups is 1. The topological polar surface area (TPSA) is 54.6 Å². The van der Waals surface area contributed by atoms with E-state index in [-0.39, 0.29) is 11.7 Å². The number of nitrogens with zero attached hydrogens (tertiary/aromatic N) is 1. The van der Waals surface area contributed by atoms with Crippen LogP contribution in [0, 0.1) is 5.82 Å². The molecule has 0 bridgehead atoms. The molecule has 1 fully saturated rings. The first kappa shape index (κ1) is 12.7. The molecule has 0 unspecified atom stereocenters. The molecule has 3 rings (SSSR count). The molecule has 1 saturated heterocycles. The fraction of sp³-hybridized carbons (Fsp3) is 0. The number of carbonyl (C=O) groups excluding carboxylic acids is 1. The zero-order chi connectivity index (χ0) is 13.9. The lowest BCUT2D eigenvalue weighted by atomic mass is 10.3. The molecular formula is C14H9FN2O2S. The van der Waals surface area contributed by atoms with Crippen LogP contribution < -0.4 is 5.32 Å². The van der Waals surface area contributed by atoms with E-state index < -0.39 is 0 Å². The highest BCUT2D eigenvalue weighted by atomic mass is 32.2. The van der Waals surface area contributed by atoms with Crippen molar-refractivity contribution in [1.82, 2.24) is 5.32 Å². The second kappa shape index (κ2) is 5.34. The summed E-state index contributed by atoms with van der Waals surface area (Å²) in [6, 6.07) is 9.24. The Balaban J connectivity index is 1.81. The van der Waals surface area contributed by atoms with Gasteiger partial charge in [-0.1, -0.05) is 0 Å². The zero-order valence-corrected chi connectivity index (χ0v) is 11.0. The molecule has 0 spiro atoms. The van der Waals surface area contributed by atoms with Crippen LogP contribution in [-0.4, -0.2) is 11.1 Å². The Bertz CT molecular complexity index is 690. The monoisotopic (exact) mass is 288 g/mol. The summed E-state index contributed by atoms with van der Waals surface area (Å²) in [6.45, 7) is 0. The van der Waals surface area contributed by atoms with Crippen molar-refractivity contribution in [2.45, 2.75) is 0 Å². The number of aliphatic imine (C=N–C) groups is 1. The van der Waals surface area contributed by atoms with Crippen molar-refractivity contribution in [2.75, 3.05) is 0 Å². The van der Waals surface area contributed by atoms with Crippen molar-refractivity contribution in [3.05, 3.63) is 59.1 Å². The van der Waals surface area contributed by atoms with E-state index >= 15 is 0 Å². The summed E-state index contributed by atoms with van der Waals surface area (Å²) in [7, 11) is 0. The molecule has 1 N–H and O–H groups in total. The van der Waals surface area contributed by atoms with Crippen molar-refractivity contribution in [3.8, 4) is 0 Å². The number of thioether (sulfide) groups is 1. The van der Waals surface area contributed by atoms with Crippen molar-refractivity contribution in [3.63, 3.8) is 0 Å². The van der Waals surface area contributed by atoms with Gasteiger partial charge in [-0.25, -0.2) is 9.38 Å². The van der Waals surface area contributed by atoms with Gasteiger partial charge < -0.3 is 9.73 Å². The third-order valence-corrected chi connectivity index (χ3v) is 3.43. The molecule has 0 aliphatic carbocycles. The molecule has 0 atom stereocenters. The van der Waals surface area contributed by atoms with Gasteiger partial charge in [0.1, 0.15) is 11.6 Å². The molecule has 2 heterocycles. The van der Waals surface area contributed by atoms with Gasteiger partial charge in [0.25, 0.3) is 5.91 Å². The van der Waals surface area contributed by atoms with Crippen LogP contribution in [0.4, 0.5) is 10.1 Å². The van der Waals surface area contributed by atoms with Gasteiger partial charge >= 0.3 is 0 Å². The number of halogens is 1. The Morgan fingerprint density at radius 2 is 2.05 bits per heavy atom. The summed E-state index contributed by atoms with van der Waals surface area (Å²) in [5.41, 5.74) is 0.577. The van der Waals surface area contributed by atoms with Crippen LogP contribution in [-0.2, 0) is 4.79 Å². The van der Waals surface area contributed by atoms with Gasteiger partial charge in [-0.15, -0.1) is 0 Å². The number of furan rings is 1. The van der Waals surface area contributed by atoms with E-state index in [1.165, 1.54) is 30.2 Å². The first-order valence-electron chi connectivity index (χ1n) is 5.79. The van der Waals surface area contributed by atoms with E-state index in [1.54, 1.807) is 30.3 Å². The minimum atomic E-state index is -0.324. The van der Waals surface area contributed by atoms with E-state index in [2.05, 4.69) is 10.3 Å². The Labute approximate surface area is 118 Å². The number of nitrogens with one attached hydrogen (secondary N) is 1. The van der Waals surface area contributed by atoms with Crippen molar-refractivity contribution in [2.24, 2.45) is 4.99 Å². The fourth-order valence-electron chi connectivity index (χ4n) is 1.62. The van der Waals surface area contributed by atoms with Gasteiger partial charge in [-0.3, -0.25) is 4.79 Å². The molecule has 0 radical (unpaired) electrons. The second-order valence-corrected chi connectivity index (χ2v) is 5.00. The number of amides is 1. The summed E-state index contributed by atoms with van der Waals surface area (Å²) < 4.78 is 18.0. The van der Waals surface area contributed by atoms with Gasteiger partial charge in [-0.05, 0) is 48.2 Å². The van der Waals surface area contributed by atoms with Crippen LogP contribution in [0.2, 0.25) is 0 Å². The second-order valence-electron chi connectivity index (χ2n) is 3.97. The Kier molecular flexibility index (Phi) is 3.39. The lowest BCUT2D eigenvalue weighted by Gasteiger charge is -1.95. The summed E-state index contributed by atoms with van der Waals surface area (Å²) >= 11 is 1.21. The maximum absolute atomic E-state index is 12.8. The fourth-order valence-corrected chi connectivity index (χ4v) is 2.44. The molecular weight excluding hydrogens is 279 g/mol. The number of rotatable bonds is 2. The van der Waals surface area contributed by atoms with Crippen LogP contribution in [0.25, 0.3) is 6.08 Å². The minimum Gasteiger partial charge on any atom is -0.465 e. The number of hydrogen-bond donors (Lipinski definition) is 1. The lowest BCUT2D eigenvalue weighted by molar-refractivity contribution is -0.115. The highest BCUT2D eigenvalue weighted by Crippen LogP contribution is 2.28. The average Bonchev–Trinajstić information content (AvgIpc) is 3.04. The normalized spacial score (nSPS) is 18.8. The summed E-state index contributed by atoms with van der Waals surface area (Å²) in [5, 5.41) is 3.11. The van der Waals surface area contributed by atoms with E-state index in [4.69, 9.17) is 4.42 Å². The molecule has 2 aromatic rings. The van der Waals surface area contributed by atoms with Gasteiger partial charge in [0.15, 0.2) is 5.17 Å². The van der Waals surface area contributed by atoms with Crippen LogP contribution >= 0.6 is 11.8 Å². The van der Waals surface area contributed by atoms with Crippen molar-refractivity contribution < 1.29 is 13.6 Å². The van der Waals surface area contributed by atoms with Gasteiger partial charge in [-0.2, -0.15) is 0 Å². The molecule has 1 aromatic carbocycles. The highest BCUT2D eigenvalue weighted by molar-refractivity contribution is 8.18. The Morgan fingerprint density at radius 1 is 1.25 bits per heavy atom. The van der Waals surface area contributed by atoms with E-state index in [0.29, 0.717) is 21.5 Å². The first-order chi connectivity index (χ1) is 9.70. The largest absolute Gasteiger partial charge is 0.465 e. The SMILES string of the molecule is O=C1NC(=Nc2ccc(F)cc2)S/C1=C\c1ccco1. The molecule has 0 saturated carbocycles. The van der Waals surface area contributed by atoms with E-state index in [1.807, 2.05) is 0 Å². The summed E-state index contributed by atoms with van der Waals surface area (Å²) in [5.74, 6) is 0.0495. The maximum Gasteiger partial charge on any atom is 0.264 e. The molecule has 4 nitrogen and oxygen atoms in total. The first-order valence-corrected chi connectivity index (χ1v) is 6.61. The standard InChI is InChI=1S/C14H9FN2O2S/c15-9-3-5-10(6-4-9)16-14-17-13(18)12(20-14)8-11-2-1-7-19-11/h1-8H,(H,16,17,18)/b12-8-. The van der Waals surface area contributed by atoms with Crippen LogP contribution in [0.3, 0.4) is 0 Å². The zero-order valence-electron chi connectivity index (χ0n) is 10.2. The molecule has 6 heteroatoms. The molecule has 1 aromatic heterocycles. The van der Waals surface area contributed by atoms with Gasteiger partial charge in [0.2, 0.25) is 0 Å². The number of benzene rings is 1. The Morgan fingerprint density at radius 3 is 2.75 bits per heavy atom. The number of hydrogen-bond acceptors (Lipinski definition) is 4. The maximum atomic E-state index is 12.8. The van der Waals surface area contributed by atoms with Crippen LogP contribution in [0.5, 0.6) is 0 Å². The van der Waals surface area contributed by atoms with E-state index in [0.717, 1.165) is 0 Å². The molecule has 1 aliphatic rings. The molecule has 1 aliphatic heterocycles. The van der Waals surface area contributed by atoms with Crippen LogP contribution in [0.1, 0.15) is 5.76 Å². The predicted molar refractivity (Wildman–Crippen MR) is 75.9 cm³/mol. The quantitative estimate of drug-likeness (QED) is 0.863. The van der Waals surface area contributed by atoms with Crippen LogP contribution in [0.15, 0.2) is 57.0 Å². The molecule has 1 amide bonds. The Hall–Kier alpha value is -2.34. The highest BCUT2D eigenvalue weighted by Gasteiger charge is 2.24. The van der Waals surface area contributed by atoms with Gasteiger partial charge in [0.05, 0.1) is 16.9 Å². The number of amidine groups is 1. The van der Waals surface area contributed by atoms with Crippen molar-refractivity contribution in [1.29, 1.82) is 0 Å². The smallest absolute Gasteiger partial charge is 0.264 e. The summed E-state index contributed by atoms with van der Waals surface area (Å²) in [6.07, 6.45) is 3.19. The third kappa shape index (κ3) is 2.80. The minimum absolute atomic E-state index is 0.229.